The van der Waals surface area contributed by atoms with E-state index >= 15 is 0 Å². The summed E-state index contributed by atoms with van der Waals surface area (Å²) in [5, 5.41) is 9.27. The van der Waals surface area contributed by atoms with Crippen LogP contribution < -0.4 is 9.47 Å². The largest absolute Gasteiger partial charge is 0.488 e. The number of hydrogen-bond acceptors (Lipinski definition) is 3. The van der Waals surface area contributed by atoms with E-state index in [1.54, 1.807) is 0 Å². The molecule has 0 aliphatic carbocycles. The predicted molar refractivity (Wildman–Crippen MR) is 117 cm³/mol. The molecule has 0 radical (unpaired) electrons. The van der Waals surface area contributed by atoms with Gasteiger partial charge in [0.05, 0.1) is 0 Å². The highest BCUT2D eigenvalue weighted by Crippen LogP contribution is 2.38. The second-order valence-corrected chi connectivity index (χ2v) is 9.70. The zero-order valence-electron chi connectivity index (χ0n) is 18.7. The van der Waals surface area contributed by atoms with E-state index < -0.39 is 11.4 Å². The van der Waals surface area contributed by atoms with Crippen molar-refractivity contribution < 1.29 is 19.4 Å². The molecular weight excluding hydrogens is 364 g/mol. The molecule has 2 aromatic carbocycles. The summed E-state index contributed by atoms with van der Waals surface area (Å²) in [4.78, 5) is 11.3. The molecule has 0 fully saturated rings. The number of ether oxygens (including phenoxy) is 2. The smallest absolute Gasteiger partial charge is 0.303 e. The Morgan fingerprint density at radius 1 is 0.724 bits per heavy atom. The maximum Gasteiger partial charge on any atom is 0.303 e. The molecule has 29 heavy (non-hydrogen) atoms. The van der Waals surface area contributed by atoms with Gasteiger partial charge in [-0.2, -0.15) is 0 Å². The fourth-order valence-corrected chi connectivity index (χ4v) is 3.30. The summed E-state index contributed by atoms with van der Waals surface area (Å²) in [5.74, 6) is 0.808. The molecule has 0 aliphatic rings. The number of benzene rings is 2. The van der Waals surface area contributed by atoms with Crippen LogP contribution in [0.3, 0.4) is 0 Å². The van der Waals surface area contributed by atoms with Crippen LogP contribution in [0, 0.1) is 0 Å². The van der Waals surface area contributed by atoms with Gasteiger partial charge in [-0.05, 0) is 83.4 Å². The van der Waals surface area contributed by atoms with Crippen molar-refractivity contribution in [1.29, 1.82) is 0 Å². The molecule has 0 bridgehead atoms. The van der Waals surface area contributed by atoms with Crippen LogP contribution in [0.1, 0.15) is 72.4 Å². The van der Waals surface area contributed by atoms with Gasteiger partial charge in [0.2, 0.25) is 0 Å². The Labute approximate surface area is 174 Å². The summed E-state index contributed by atoms with van der Waals surface area (Å²) in [5.41, 5.74) is 1.15. The fourth-order valence-electron chi connectivity index (χ4n) is 3.30. The summed E-state index contributed by atoms with van der Waals surface area (Å²) < 4.78 is 11.8. The Morgan fingerprint density at radius 2 is 1.07 bits per heavy atom. The van der Waals surface area contributed by atoms with Crippen LogP contribution in [0.4, 0.5) is 0 Å². The SMILES string of the molecule is CC(C)(C)Oc1ccc(C(C)(CCC(=O)O)c2ccc(OC(C)(C)C)cc2)cc1. The number of carboxylic acid groups (broad SMARTS) is 1. The average molecular weight is 399 g/mol. The number of hydrogen-bond donors (Lipinski definition) is 1. The molecule has 4 heteroatoms. The Hall–Kier alpha value is -2.49. The maximum absolute atomic E-state index is 11.3. The minimum atomic E-state index is -0.795. The van der Waals surface area contributed by atoms with E-state index in [9.17, 15) is 9.90 Å². The molecule has 0 spiro atoms. The highest BCUT2D eigenvalue weighted by molar-refractivity contribution is 5.67. The molecule has 1 N–H and O–H groups in total. The third kappa shape index (κ3) is 6.81. The number of rotatable bonds is 7. The lowest BCUT2D eigenvalue weighted by atomic mass is 9.73. The molecule has 0 saturated carbocycles. The second-order valence-electron chi connectivity index (χ2n) is 9.70. The normalized spacial score (nSPS) is 12.5. The molecule has 0 aliphatic heterocycles. The van der Waals surface area contributed by atoms with Gasteiger partial charge in [-0.25, -0.2) is 0 Å². The van der Waals surface area contributed by atoms with E-state index in [1.165, 1.54) is 0 Å². The van der Waals surface area contributed by atoms with Crippen LogP contribution in [0.25, 0.3) is 0 Å². The van der Waals surface area contributed by atoms with Gasteiger partial charge in [-0.1, -0.05) is 31.2 Å². The molecule has 0 unspecified atom stereocenters. The molecule has 0 saturated heterocycles. The summed E-state index contributed by atoms with van der Waals surface area (Å²) in [7, 11) is 0. The van der Waals surface area contributed by atoms with Gasteiger partial charge >= 0.3 is 5.97 Å². The lowest BCUT2D eigenvalue weighted by Gasteiger charge is -2.31. The van der Waals surface area contributed by atoms with Gasteiger partial charge in [0.1, 0.15) is 22.7 Å². The molecular formula is C25H34O4. The number of carbonyl (C=O) groups is 1. The van der Waals surface area contributed by atoms with Crippen molar-refractivity contribution in [3.8, 4) is 11.5 Å². The Morgan fingerprint density at radius 3 is 1.34 bits per heavy atom. The molecule has 0 atom stereocenters. The topological polar surface area (TPSA) is 55.8 Å². The molecule has 0 heterocycles. The zero-order valence-corrected chi connectivity index (χ0v) is 18.7. The average Bonchev–Trinajstić information content (AvgIpc) is 2.58. The summed E-state index contributed by atoms with van der Waals surface area (Å²) >= 11 is 0. The molecule has 158 valence electrons. The zero-order chi connectivity index (χ0) is 21.9. The summed E-state index contributed by atoms with van der Waals surface area (Å²) in [6.07, 6.45) is 0.596. The van der Waals surface area contributed by atoms with Gasteiger partial charge in [0.15, 0.2) is 0 Å². The van der Waals surface area contributed by atoms with Gasteiger partial charge in [-0.3, -0.25) is 4.79 Å². The van der Waals surface area contributed by atoms with Crippen LogP contribution >= 0.6 is 0 Å². The van der Waals surface area contributed by atoms with E-state index in [0.29, 0.717) is 6.42 Å². The van der Waals surface area contributed by atoms with Crippen molar-refractivity contribution in [2.24, 2.45) is 0 Å². The van der Waals surface area contributed by atoms with Gasteiger partial charge < -0.3 is 14.6 Å². The fraction of sp³-hybridized carbons (Fsp3) is 0.480. The number of carboxylic acids is 1. The second kappa shape index (κ2) is 8.48. The third-order valence-corrected chi connectivity index (χ3v) is 4.67. The van der Waals surface area contributed by atoms with Crippen molar-refractivity contribution in [3.05, 3.63) is 59.7 Å². The van der Waals surface area contributed by atoms with Crippen molar-refractivity contribution in [1.82, 2.24) is 0 Å². The quantitative estimate of drug-likeness (QED) is 0.602. The van der Waals surface area contributed by atoms with Crippen LogP contribution in [0.2, 0.25) is 0 Å². The number of aliphatic carboxylic acids is 1. The predicted octanol–water partition coefficient (Wildman–Crippen LogP) is 6.21. The van der Waals surface area contributed by atoms with Crippen molar-refractivity contribution in [3.63, 3.8) is 0 Å². The van der Waals surface area contributed by atoms with E-state index in [2.05, 4.69) is 6.92 Å². The van der Waals surface area contributed by atoms with Crippen molar-refractivity contribution in [2.75, 3.05) is 0 Å². The highest BCUT2D eigenvalue weighted by Gasteiger charge is 2.30. The van der Waals surface area contributed by atoms with Crippen LogP contribution in [-0.2, 0) is 10.2 Å². The lowest BCUT2D eigenvalue weighted by molar-refractivity contribution is -0.137. The van der Waals surface area contributed by atoms with E-state index in [-0.39, 0.29) is 17.6 Å². The van der Waals surface area contributed by atoms with Crippen LogP contribution in [0.15, 0.2) is 48.5 Å². The summed E-state index contributed by atoms with van der Waals surface area (Å²) in [6.45, 7) is 14.2. The van der Waals surface area contributed by atoms with Gasteiger partial charge in [0.25, 0.3) is 0 Å². The first-order chi connectivity index (χ1) is 13.3. The van der Waals surface area contributed by atoms with E-state index in [1.807, 2.05) is 90.1 Å². The van der Waals surface area contributed by atoms with Crippen molar-refractivity contribution in [2.45, 2.75) is 77.9 Å². The van der Waals surface area contributed by atoms with E-state index in [4.69, 9.17) is 9.47 Å². The molecule has 0 aromatic heterocycles. The summed E-state index contributed by atoms with van der Waals surface area (Å²) in [6, 6.07) is 15.9. The molecule has 0 amide bonds. The minimum Gasteiger partial charge on any atom is -0.488 e. The molecule has 2 aromatic rings. The Balaban J connectivity index is 2.36. The van der Waals surface area contributed by atoms with Crippen molar-refractivity contribution >= 4 is 5.97 Å². The highest BCUT2D eigenvalue weighted by atomic mass is 16.5. The standard InChI is InChI=1S/C25H34O4/c1-23(2,3)28-20-12-8-18(9-13-20)25(7,17-16-22(26)27)19-10-14-21(15-11-19)29-24(4,5)6/h8-15H,16-17H2,1-7H3,(H,26,27). The minimum absolute atomic E-state index is 0.0942. The first-order valence-corrected chi connectivity index (χ1v) is 10.1. The van der Waals surface area contributed by atoms with Gasteiger partial charge in [0, 0.05) is 11.8 Å². The monoisotopic (exact) mass is 398 g/mol. The maximum atomic E-state index is 11.3. The third-order valence-electron chi connectivity index (χ3n) is 4.67. The lowest BCUT2D eigenvalue weighted by Crippen LogP contribution is -2.26. The molecule has 2 rings (SSSR count). The Bertz CT molecular complexity index is 746. The Kier molecular flexibility index (Phi) is 6.67. The van der Waals surface area contributed by atoms with Crippen LogP contribution in [-0.4, -0.2) is 22.3 Å². The van der Waals surface area contributed by atoms with E-state index in [0.717, 1.165) is 22.6 Å². The van der Waals surface area contributed by atoms with Gasteiger partial charge in [-0.15, -0.1) is 0 Å². The molecule has 4 nitrogen and oxygen atoms in total. The first-order valence-electron chi connectivity index (χ1n) is 10.1. The van der Waals surface area contributed by atoms with Crippen LogP contribution in [0.5, 0.6) is 11.5 Å². The first kappa shape index (κ1) is 22.8.